The summed E-state index contributed by atoms with van der Waals surface area (Å²) in [5.41, 5.74) is 1.23. The van der Waals surface area contributed by atoms with Gasteiger partial charge >= 0.3 is 0 Å². The van der Waals surface area contributed by atoms with E-state index in [1.165, 1.54) is 5.56 Å². The molecule has 1 amide bonds. The zero-order valence-electron chi connectivity index (χ0n) is 9.13. The normalized spacial score (nSPS) is 28.5. The Balaban J connectivity index is 1.74. The minimum absolute atomic E-state index is 0.0394. The second-order valence-corrected chi connectivity index (χ2v) is 4.47. The first kappa shape index (κ1) is 9.85. The molecule has 3 rings (SSSR count). The molecule has 0 saturated carbocycles. The van der Waals surface area contributed by atoms with Crippen LogP contribution in [0.1, 0.15) is 18.4 Å². The Kier molecular flexibility index (Phi) is 2.40. The van der Waals surface area contributed by atoms with Crippen LogP contribution >= 0.6 is 0 Å². The summed E-state index contributed by atoms with van der Waals surface area (Å²) in [5, 5.41) is 0. The second kappa shape index (κ2) is 3.91. The molecule has 84 valence electrons. The van der Waals surface area contributed by atoms with Crippen molar-refractivity contribution in [3.8, 4) is 0 Å². The lowest BCUT2D eigenvalue weighted by Crippen LogP contribution is -2.37. The summed E-state index contributed by atoms with van der Waals surface area (Å²) in [6, 6.07) is 10.5. The molecule has 3 nitrogen and oxygen atoms in total. The summed E-state index contributed by atoms with van der Waals surface area (Å²) in [7, 11) is 0. The first-order valence-corrected chi connectivity index (χ1v) is 5.81. The molecule has 2 atom stereocenters. The third-order valence-corrected chi connectivity index (χ3v) is 3.42. The molecule has 2 saturated heterocycles. The topological polar surface area (TPSA) is 29.5 Å². The van der Waals surface area contributed by atoms with Crippen LogP contribution in [0.25, 0.3) is 0 Å². The maximum atomic E-state index is 11.7. The van der Waals surface area contributed by atoms with E-state index in [1.54, 1.807) is 0 Å². The van der Waals surface area contributed by atoms with E-state index in [0.717, 1.165) is 12.8 Å². The van der Waals surface area contributed by atoms with E-state index in [4.69, 9.17) is 4.74 Å². The zero-order valence-corrected chi connectivity index (χ0v) is 9.13. The number of carbonyl (C=O) groups excluding carboxylic acids is 1. The van der Waals surface area contributed by atoms with Crippen LogP contribution in [0.5, 0.6) is 0 Å². The van der Waals surface area contributed by atoms with Crippen LogP contribution < -0.4 is 0 Å². The standard InChI is InChI=1S/C13H15NO2/c15-12-7-6-11-9-16-13(14(11)12)8-10-4-2-1-3-5-10/h1-5,11,13H,6-9H2. The van der Waals surface area contributed by atoms with Gasteiger partial charge in [0.1, 0.15) is 6.23 Å². The van der Waals surface area contributed by atoms with E-state index in [1.807, 2.05) is 23.1 Å². The first-order chi connectivity index (χ1) is 7.84. The summed E-state index contributed by atoms with van der Waals surface area (Å²) < 4.78 is 5.70. The van der Waals surface area contributed by atoms with Crippen molar-refractivity contribution in [2.75, 3.05) is 6.61 Å². The molecule has 0 radical (unpaired) electrons. The van der Waals surface area contributed by atoms with Crippen molar-refractivity contribution < 1.29 is 9.53 Å². The second-order valence-electron chi connectivity index (χ2n) is 4.47. The minimum atomic E-state index is -0.0394. The van der Waals surface area contributed by atoms with Gasteiger partial charge in [-0.15, -0.1) is 0 Å². The SMILES string of the molecule is O=C1CCC2COC(Cc3ccccc3)N12. The average molecular weight is 217 g/mol. The van der Waals surface area contributed by atoms with Crippen molar-refractivity contribution in [1.29, 1.82) is 0 Å². The lowest BCUT2D eigenvalue weighted by Gasteiger charge is -2.22. The zero-order chi connectivity index (χ0) is 11.0. The van der Waals surface area contributed by atoms with Gasteiger partial charge in [-0.05, 0) is 12.0 Å². The molecule has 1 aromatic rings. The average Bonchev–Trinajstić information content (AvgIpc) is 2.86. The Morgan fingerprint density at radius 1 is 1.31 bits per heavy atom. The van der Waals surface area contributed by atoms with Crippen LogP contribution in [0.15, 0.2) is 30.3 Å². The van der Waals surface area contributed by atoms with Crippen LogP contribution in [-0.4, -0.2) is 29.7 Å². The lowest BCUT2D eigenvalue weighted by atomic mass is 10.1. The predicted molar refractivity (Wildman–Crippen MR) is 59.8 cm³/mol. The van der Waals surface area contributed by atoms with Crippen molar-refractivity contribution >= 4 is 5.91 Å². The summed E-state index contributed by atoms with van der Waals surface area (Å²) in [6.45, 7) is 0.712. The molecule has 2 aliphatic heterocycles. The van der Waals surface area contributed by atoms with Crippen molar-refractivity contribution in [3.05, 3.63) is 35.9 Å². The number of amides is 1. The summed E-state index contributed by atoms with van der Waals surface area (Å²) in [6.07, 6.45) is 2.43. The highest BCUT2D eigenvalue weighted by Crippen LogP contribution is 2.29. The number of rotatable bonds is 2. The number of carbonyl (C=O) groups is 1. The maximum absolute atomic E-state index is 11.7. The van der Waals surface area contributed by atoms with Crippen molar-refractivity contribution in [1.82, 2.24) is 4.90 Å². The molecule has 1 aromatic carbocycles. The van der Waals surface area contributed by atoms with Crippen molar-refractivity contribution in [2.24, 2.45) is 0 Å². The summed E-state index contributed by atoms with van der Waals surface area (Å²) in [4.78, 5) is 13.6. The Labute approximate surface area is 95.0 Å². The molecule has 0 bridgehead atoms. The molecule has 0 spiro atoms. The Hall–Kier alpha value is -1.35. The van der Waals surface area contributed by atoms with Gasteiger partial charge in [0.05, 0.1) is 12.6 Å². The molecular weight excluding hydrogens is 202 g/mol. The Morgan fingerprint density at radius 2 is 2.12 bits per heavy atom. The fourth-order valence-electron chi connectivity index (χ4n) is 2.60. The van der Waals surface area contributed by atoms with Gasteiger partial charge in [0.15, 0.2) is 0 Å². The van der Waals surface area contributed by atoms with E-state index in [-0.39, 0.29) is 12.1 Å². The van der Waals surface area contributed by atoms with Gasteiger partial charge in [-0.2, -0.15) is 0 Å². The quantitative estimate of drug-likeness (QED) is 0.752. The predicted octanol–water partition coefficient (Wildman–Crippen LogP) is 1.58. The van der Waals surface area contributed by atoms with Crippen molar-refractivity contribution in [2.45, 2.75) is 31.5 Å². The molecular formula is C13H15NO2. The number of nitrogens with zero attached hydrogens (tertiary/aromatic N) is 1. The third-order valence-electron chi connectivity index (χ3n) is 3.42. The number of hydrogen-bond donors (Lipinski definition) is 0. The fraction of sp³-hybridized carbons (Fsp3) is 0.462. The Bertz CT molecular complexity index is 390. The molecule has 2 heterocycles. The van der Waals surface area contributed by atoms with Crippen LogP contribution in [0.2, 0.25) is 0 Å². The lowest BCUT2D eigenvalue weighted by molar-refractivity contribution is -0.133. The highest BCUT2D eigenvalue weighted by Gasteiger charge is 2.41. The number of hydrogen-bond acceptors (Lipinski definition) is 2. The van der Waals surface area contributed by atoms with Gasteiger partial charge in [-0.25, -0.2) is 0 Å². The van der Waals surface area contributed by atoms with E-state index in [0.29, 0.717) is 19.1 Å². The summed E-state index contributed by atoms with van der Waals surface area (Å²) >= 11 is 0. The molecule has 2 aliphatic rings. The van der Waals surface area contributed by atoms with Gasteiger partial charge < -0.3 is 9.64 Å². The van der Waals surface area contributed by atoms with Gasteiger partial charge in [0.2, 0.25) is 5.91 Å². The van der Waals surface area contributed by atoms with E-state index < -0.39 is 0 Å². The largest absolute Gasteiger partial charge is 0.356 e. The van der Waals surface area contributed by atoms with Crippen LogP contribution in [-0.2, 0) is 16.0 Å². The highest BCUT2D eigenvalue weighted by molar-refractivity contribution is 5.79. The minimum Gasteiger partial charge on any atom is -0.356 e. The number of benzene rings is 1. The van der Waals surface area contributed by atoms with Crippen LogP contribution in [0.3, 0.4) is 0 Å². The fourth-order valence-corrected chi connectivity index (χ4v) is 2.60. The molecule has 3 heteroatoms. The molecule has 0 aromatic heterocycles. The maximum Gasteiger partial charge on any atom is 0.225 e. The number of ether oxygens (including phenoxy) is 1. The van der Waals surface area contributed by atoms with E-state index in [2.05, 4.69) is 12.1 Å². The van der Waals surface area contributed by atoms with Gasteiger partial charge in [-0.1, -0.05) is 30.3 Å². The third kappa shape index (κ3) is 1.61. The van der Waals surface area contributed by atoms with Crippen LogP contribution in [0, 0.1) is 0 Å². The van der Waals surface area contributed by atoms with Crippen LogP contribution in [0.4, 0.5) is 0 Å². The highest BCUT2D eigenvalue weighted by atomic mass is 16.5. The van der Waals surface area contributed by atoms with Gasteiger partial charge in [0.25, 0.3) is 0 Å². The Morgan fingerprint density at radius 3 is 2.94 bits per heavy atom. The number of fused-ring (bicyclic) bond motifs is 1. The van der Waals surface area contributed by atoms with E-state index in [9.17, 15) is 4.79 Å². The van der Waals surface area contributed by atoms with Gasteiger partial charge in [-0.3, -0.25) is 4.79 Å². The molecule has 2 unspecified atom stereocenters. The molecule has 0 aliphatic carbocycles. The monoisotopic (exact) mass is 217 g/mol. The molecule has 2 fully saturated rings. The van der Waals surface area contributed by atoms with Gasteiger partial charge in [0, 0.05) is 12.8 Å². The summed E-state index contributed by atoms with van der Waals surface area (Å²) in [5.74, 6) is 0.253. The van der Waals surface area contributed by atoms with E-state index >= 15 is 0 Å². The van der Waals surface area contributed by atoms with Crippen molar-refractivity contribution in [3.63, 3.8) is 0 Å². The molecule has 0 N–H and O–H groups in total. The molecule has 16 heavy (non-hydrogen) atoms. The smallest absolute Gasteiger partial charge is 0.225 e. The first-order valence-electron chi connectivity index (χ1n) is 5.81.